The van der Waals surface area contributed by atoms with Gasteiger partial charge in [0, 0.05) is 6.04 Å². The molecule has 0 heterocycles. The normalized spacial score (nSPS) is 16.2. The maximum atomic E-state index is 9.70. The molecule has 0 saturated carbocycles. The van der Waals surface area contributed by atoms with E-state index in [-0.39, 0.29) is 31.3 Å². The van der Waals surface area contributed by atoms with Crippen molar-refractivity contribution in [1.82, 2.24) is 10.6 Å². The predicted molar refractivity (Wildman–Crippen MR) is 102 cm³/mol. The highest BCUT2D eigenvalue weighted by Crippen LogP contribution is 2.16. The Morgan fingerprint density at radius 1 is 0.760 bits per heavy atom. The Labute approximate surface area is 150 Å². The van der Waals surface area contributed by atoms with Crippen LogP contribution in [0.4, 0.5) is 0 Å². The van der Waals surface area contributed by atoms with Crippen molar-refractivity contribution in [2.75, 3.05) is 19.8 Å². The van der Waals surface area contributed by atoms with Crippen molar-refractivity contribution in [3.8, 4) is 0 Å². The molecule has 4 heteroatoms. The van der Waals surface area contributed by atoms with Gasteiger partial charge < -0.3 is 20.8 Å². The molecule has 0 saturated heterocycles. The predicted octanol–water partition coefficient (Wildman–Crippen LogP) is 2.66. The Balaban J connectivity index is 1.87. The second kappa shape index (κ2) is 10.3. The molecule has 136 valence electrons. The van der Waals surface area contributed by atoms with Gasteiger partial charge in [0.2, 0.25) is 0 Å². The molecule has 0 aliphatic heterocycles. The highest BCUT2D eigenvalue weighted by atomic mass is 16.3. The van der Waals surface area contributed by atoms with Crippen LogP contribution in [0.3, 0.4) is 0 Å². The molecule has 4 nitrogen and oxygen atoms in total. The van der Waals surface area contributed by atoms with Gasteiger partial charge in [0.05, 0.1) is 25.3 Å². The Hall–Kier alpha value is -1.72. The lowest BCUT2D eigenvalue weighted by Crippen LogP contribution is -2.41. The largest absolute Gasteiger partial charge is 0.394 e. The van der Waals surface area contributed by atoms with E-state index in [1.54, 1.807) is 0 Å². The SMILES string of the molecule is C[C@H](CN[C@H](CO)c1ccccc1)[C@H](C)N[C@H](CO)c1ccccc1. The van der Waals surface area contributed by atoms with E-state index in [0.717, 1.165) is 17.7 Å². The molecule has 0 spiro atoms. The zero-order valence-electron chi connectivity index (χ0n) is 15.1. The molecule has 4 N–H and O–H groups in total. The molecule has 2 rings (SSSR count). The minimum Gasteiger partial charge on any atom is -0.394 e. The number of nitrogens with one attached hydrogen (secondary N) is 2. The molecule has 0 aliphatic carbocycles. The standard InChI is InChI=1S/C21H30N2O2/c1-16(13-22-20(14-24)18-9-5-3-6-10-18)17(2)23-21(15-25)19-11-7-4-8-12-19/h3-12,16-17,20-25H,13-15H2,1-2H3/t16-,17+,20-,21-/m1/s1. The summed E-state index contributed by atoms with van der Waals surface area (Å²) in [7, 11) is 0. The highest BCUT2D eigenvalue weighted by Gasteiger charge is 2.19. The third-order valence-corrected chi connectivity index (χ3v) is 4.77. The van der Waals surface area contributed by atoms with Crippen molar-refractivity contribution in [1.29, 1.82) is 0 Å². The number of benzene rings is 2. The van der Waals surface area contributed by atoms with Gasteiger partial charge in [0.1, 0.15) is 0 Å². The summed E-state index contributed by atoms with van der Waals surface area (Å²) in [6.07, 6.45) is 0. The molecule has 2 aromatic rings. The molecule has 0 bridgehead atoms. The second-order valence-electron chi connectivity index (χ2n) is 6.63. The van der Waals surface area contributed by atoms with Gasteiger partial charge in [0.15, 0.2) is 0 Å². The first-order valence-corrected chi connectivity index (χ1v) is 8.96. The number of hydrogen-bond acceptors (Lipinski definition) is 4. The molecule has 2 aromatic carbocycles. The van der Waals surface area contributed by atoms with Crippen molar-refractivity contribution in [2.24, 2.45) is 5.92 Å². The van der Waals surface area contributed by atoms with Crippen LogP contribution in [0.5, 0.6) is 0 Å². The molecule has 25 heavy (non-hydrogen) atoms. The lowest BCUT2D eigenvalue weighted by Gasteiger charge is -2.28. The third-order valence-electron chi connectivity index (χ3n) is 4.77. The summed E-state index contributed by atoms with van der Waals surface area (Å²) in [5.41, 5.74) is 2.19. The van der Waals surface area contributed by atoms with Gasteiger partial charge >= 0.3 is 0 Å². The Morgan fingerprint density at radius 2 is 1.24 bits per heavy atom. The summed E-state index contributed by atoms with van der Waals surface area (Å²) < 4.78 is 0. The summed E-state index contributed by atoms with van der Waals surface area (Å²) in [4.78, 5) is 0. The van der Waals surface area contributed by atoms with Crippen molar-refractivity contribution >= 4 is 0 Å². The van der Waals surface area contributed by atoms with Crippen molar-refractivity contribution in [2.45, 2.75) is 32.0 Å². The van der Waals surface area contributed by atoms with E-state index in [2.05, 4.69) is 24.5 Å². The van der Waals surface area contributed by atoms with Crippen LogP contribution in [0.15, 0.2) is 60.7 Å². The van der Waals surface area contributed by atoms with Crippen molar-refractivity contribution in [3.63, 3.8) is 0 Å². The fourth-order valence-electron chi connectivity index (χ4n) is 2.90. The molecule has 0 unspecified atom stereocenters. The van der Waals surface area contributed by atoms with Crippen LogP contribution in [0.1, 0.15) is 37.1 Å². The van der Waals surface area contributed by atoms with Crippen LogP contribution >= 0.6 is 0 Å². The van der Waals surface area contributed by atoms with Crippen molar-refractivity contribution < 1.29 is 10.2 Å². The van der Waals surface area contributed by atoms with Crippen LogP contribution in [0.2, 0.25) is 0 Å². The van der Waals surface area contributed by atoms with E-state index >= 15 is 0 Å². The Kier molecular flexibility index (Phi) is 8.09. The van der Waals surface area contributed by atoms with E-state index in [0.29, 0.717) is 5.92 Å². The van der Waals surface area contributed by atoms with Crippen LogP contribution in [-0.2, 0) is 0 Å². The third kappa shape index (κ3) is 5.94. The maximum absolute atomic E-state index is 9.70. The van der Waals surface area contributed by atoms with Crippen LogP contribution in [-0.4, -0.2) is 36.0 Å². The number of aliphatic hydroxyl groups is 2. The van der Waals surface area contributed by atoms with E-state index in [1.165, 1.54) is 0 Å². The number of aliphatic hydroxyl groups excluding tert-OH is 2. The van der Waals surface area contributed by atoms with E-state index in [9.17, 15) is 10.2 Å². The molecule has 0 aromatic heterocycles. The summed E-state index contributed by atoms with van der Waals surface area (Å²) in [6.45, 7) is 5.22. The summed E-state index contributed by atoms with van der Waals surface area (Å²) >= 11 is 0. The summed E-state index contributed by atoms with van der Waals surface area (Å²) in [6, 6.07) is 20.1. The fourth-order valence-corrected chi connectivity index (χ4v) is 2.90. The van der Waals surface area contributed by atoms with Crippen LogP contribution < -0.4 is 10.6 Å². The molecule has 0 fully saturated rings. The molecule has 0 amide bonds. The average molecular weight is 342 g/mol. The van der Waals surface area contributed by atoms with Crippen LogP contribution in [0, 0.1) is 5.92 Å². The Bertz CT molecular complexity index is 591. The van der Waals surface area contributed by atoms with Crippen molar-refractivity contribution in [3.05, 3.63) is 71.8 Å². The van der Waals surface area contributed by atoms with E-state index in [1.807, 2.05) is 60.7 Å². The number of rotatable bonds is 10. The summed E-state index contributed by atoms with van der Waals surface area (Å²) in [5.74, 6) is 0.343. The lowest BCUT2D eigenvalue weighted by molar-refractivity contribution is 0.212. The summed E-state index contributed by atoms with van der Waals surface area (Å²) in [5, 5.41) is 26.3. The first-order valence-electron chi connectivity index (χ1n) is 8.96. The average Bonchev–Trinajstić information content (AvgIpc) is 2.67. The molecular weight excluding hydrogens is 312 g/mol. The van der Waals surface area contributed by atoms with Gasteiger partial charge in [-0.05, 0) is 30.5 Å². The van der Waals surface area contributed by atoms with Gasteiger partial charge in [0.25, 0.3) is 0 Å². The van der Waals surface area contributed by atoms with Crippen LogP contribution in [0.25, 0.3) is 0 Å². The smallest absolute Gasteiger partial charge is 0.0626 e. The molecule has 4 atom stereocenters. The quantitative estimate of drug-likeness (QED) is 0.536. The first kappa shape index (κ1) is 19.6. The molecule has 0 aliphatic rings. The molecule has 0 radical (unpaired) electrons. The first-order chi connectivity index (χ1) is 12.2. The van der Waals surface area contributed by atoms with E-state index < -0.39 is 0 Å². The monoisotopic (exact) mass is 342 g/mol. The highest BCUT2D eigenvalue weighted by molar-refractivity contribution is 5.20. The Morgan fingerprint density at radius 3 is 1.72 bits per heavy atom. The minimum atomic E-state index is -0.0681. The lowest BCUT2D eigenvalue weighted by atomic mass is 9.99. The molecular formula is C21H30N2O2. The van der Waals surface area contributed by atoms with Gasteiger partial charge in [-0.2, -0.15) is 0 Å². The zero-order valence-corrected chi connectivity index (χ0v) is 15.1. The van der Waals surface area contributed by atoms with Gasteiger partial charge in [-0.1, -0.05) is 67.6 Å². The van der Waals surface area contributed by atoms with E-state index in [4.69, 9.17) is 0 Å². The van der Waals surface area contributed by atoms with Gasteiger partial charge in [-0.15, -0.1) is 0 Å². The topological polar surface area (TPSA) is 64.5 Å². The second-order valence-corrected chi connectivity index (χ2v) is 6.63. The number of hydrogen-bond donors (Lipinski definition) is 4. The fraction of sp³-hybridized carbons (Fsp3) is 0.429. The minimum absolute atomic E-state index is 0.0568. The zero-order chi connectivity index (χ0) is 18.1. The van der Waals surface area contributed by atoms with Gasteiger partial charge in [-0.25, -0.2) is 0 Å². The maximum Gasteiger partial charge on any atom is 0.0626 e. The van der Waals surface area contributed by atoms with Gasteiger partial charge in [-0.3, -0.25) is 0 Å².